The lowest BCUT2D eigenvalue weighted by Gasteiger charge is -2.28. The van der Waals surface area contributed by atoms with Crippen LogP contribution in [-0.4, -0.2) is 30.3 Å². The van der Waals surface area contributed by atoms with Crippen LogP contribution in [0.2, 0.25) is 0 Å². The van der Waals surface area contributed by atoms with E-state index in [1.54, 1.807) is 24.3 Å². The molecule has 0 spiro atoms. The molecule has 1 aromatic carbocycles. The molecule has 0 bridgehead atoms. The number of hydrogen-bond acceptors (Lipinski definition) is 3. The van der Waals surface area contributed by atoms with Crippen molar-refractivity contribution in [3.8, 4) is 5.75 Å². The second kappa shape index (κ2) is 8.03. The molecular weight excluding hydrogens is 266 g/mol. The summed E-state index contributed by atoms with van der Waals surface area (Å²) in [4.78, 5) is 11.1. The van der Waals surface area contributed by atoms with Gasteiger partial charge in [-0.2, -0.15) is 0 Å². The third-order valence-electron chi connectivity index (χ3n) is 4.30. The van der Waals surface area contributed by atoms with Crippen LogP contribution in [0.3, 0.4) is 0 Å². The van der Waals surface area contributed by atoms with Gasteiger partial charge in [-0.25, -0.2) is 4.79 Å². The zero-order chi connectivity index (χ0) is 15.1. The molecule has 21 heavy (non-hydrogen) atoms. The number of ether oxygens (including phenoxy) is 1. The molecule has 1 fully saturated rings. The number of carbonyl (C=O) groups is 1. The maximum atomic E-state index is 11.1. The third kappa shape index (κ3) is 4.74. The molecule has 1 aliphatic rings. The van der Waals surface area contributed by atoms with E-state index in [2.05, 4.69) is 12.2 Å². The van der Waals surface area contributed by atoms with Gasteiger partial charge in [-0.1, -0.05) is 31.4 Å². The van der Waals surface area contributed by atoms with Crippen LogP contribution in [0.15, 0.2) is 24.3 Å². The highest BCUT2D eigenvalue weighted by atomic mass is 16.5. The minimum atomic E-state index is -0.950. The summed E-state index contributed by atoms with van der Waals surface area (Å²) in [7, 11) is 0. The number of rotatable bonds is 7. The highest BCUT2D eigenvalue weighted by Gasteiger charge is 2.19. The van der Waals surface area contributed by atoms with E-state index in [0.717, 1.165) is 12.5 Å². The molecule has 1 saturated carbocycles. The first-order chi connectivity index (χ1) is 10.2. The Morgan fingerprint density at radius 1 is 1.33 bits per heavy atom. The Bertz CT molecular complexity index is 455. The predicted molar refractivity (Wildman–Crippen MR) is 82.9 cm³/mol. The summed E-state index contributed by atoms with van der Waals surface area (Å²) in [6.07, 6.45) is 6.70. The van der Waals surface area contributed by atoms with Gasteiger partial charge in [0.15, 0.2) is 0 Å². The lowest BCUT2D eigenvalue weighted by atomic mass is 9.84. The van der Waals surface area contributed by atoms with Gasteiger partial charge in [0.05, 0.1) is 0 Å². The summed E-state index contributed by atoms with van der Waals surface area (Å²) in [5, 5.41) is 12.6. The number of para-hydroxylation sites is 1. The molecule has 1 aromatic rings. The molecule has 2 N–H and O–H groups in total. The molecular formula is C17H25NO3. The maximum absolute atomic E-state index is 11.1. The third-order valence-corrected chi connectivity index (χ3v) is 4.30. The van der Waals surface area contributed by atoms with Gasteiger partial charge in [-0.05, 0) is 37.8 Å². The molecule has 1 aliphatic carbocycles. The van der Waals surface area contributed by atoms with Crippen molar-refractivity contribution < 1.29 is 14.6 Å². The molecule has 0 saturated heterocycles. The van der Waals surface area contributed by atoms with E-state index in [9.17, 15) is 4.79 Å². The highest BCUT2D eigenvalue weighted by Crippen LogP contribution is 2.26. The van der Waals surface area contributed by atoms with E-state index in [1.165, 1.54) is 32.1 Å². The Morgan fingerprint density at radius 2 is 2.05 bits per heavy atom. The van der Waals surface area contributed by atoms with Crippen molar-refractivity contribution in [3.63, 3.8) is 0 Å². The number of carboxylic acids is 1. The predicted octanol–water partition coefficient (Wildman–Crippen LogP) is 3.32. The first-order valence-corrected chi connectivity index (χ1v) is 7.87. The van der Waals surface area contributed by atoms with E-state index in [-0.39, 0.29) is 5.56 Å². The molecule has 0 unspecified atom stereocenters. The summed E-state index contributed by atoms with van der Waals surface area (Å²) in [5.41, 5.74) is 0.220. The number of hydrogen-bond donors (Lipinski definition) is 2. The maximum Gasteiger partial charge on any atom is 0.339 e. The average molecular weight is 291 g/mol. The van der Waals surface area contributed by atoms with E-state index in [1.807, 2.05) is 0 Å². The van der Waals surface area contributed by atoms with Crippen LogP contribution in [0.25, 0.3) is 0 Å². The number of benzene rings is 1. The Morgan fingerprint density at radius 3 is 2.76 bits per heavy atom. The molecule has 1 atom stereocenters. The van der Waals surface area contributed by atoms with Crippen molar-refractivity contribution in [2.24, 2.45) is 5.92 Å². The first kappa shape index (κ1) is 15.8. The lowest BCUT2D eigenvalue weighted by molar-refractivity contribution is 0.0692. The molecule has 2 rings (SSSR count). The zero-order valence-corrected chi connectivity index (χ0v) is 12.7. The number of nitrogens with one attached hydrogen (secondary N) is 1. The van der Waals surface area contributed by atoms with Crippen LogP contribution in [0, 0.1) is 5.92 Å². The van der Waals surface area contributed by atoms with Crippen LogP contribution < -0.4 is 10.1 Å². The van der Waals surface area contributed by atoms with Crippen LogP contribution in [0.4, 0.5) is 0 Å². The molecule has 0 radical (unpaired) electrons. The first-order valence-electron chi connectivity index (χ1n) is 7.87. The largest absolute Gasteiger partial charge is 0.491 e. The van der Waals surface area contributed by atoms with Crippen molar-refractivity contribution in [1.82, 2.24) is 5.32 Å². The zero-order valence-electron chi connectivity index (χ0n) is 12.7. The van der Waals surface area contributed by atoms with Gasteiger partial charge < -0.3 is 15.2 Å². The van der Waals surface area contributed by atoms with Crippen molar-refractivity contribution in [2.45, 2.75) is 45.1 Å². The standard InChI is InChI=1S/C17H25NO3/c1-13(14-7-3-2-4-8-14)18-11-12-21-16-10-6-5-9-15(16)17(19)20/h5-6,9-10,13-14,18H,2-4,7-8,11-12H2,1H3,(H,19,20)/t13-/m0/s1. The minimum Gasteiger partial charge on any atom is -0.491 e. The number of carboxylic acid groups (broad SMARTS) is 1. The summed E-state index contributed by atoms with van der Waals surface area (Å²) in [6, 6.07) is 7.27. The second-order valence-electron chi connectivity index (χ2n) is 5.79. The average Bonchev–Trinajstić information content (AvgIpc) is 2.52. The quantitative estimate of drug-likeness (QED) is 0.757. The van der Waals surface area contributed by atoms with Gasteiger partial charge in [-0.3, -0.25) is 0 Å². The van der Waals surface area contributed by atoms with Crippen LogP contribution in [0.5, 0.6) is 5.75 Å². The van der Waals surface area contributed by atoms with Gasteiger partial charge in [0.25, 0.3) is 0 Å². The lowest BCUT2D eigenvalue weighted by Crippen LogP contribution is -2.37. The van der Waals surface area contributed by atoms with Crippen molar-refractivity contribution in [3.05, 3.63) is 29.8 Å². The normalized spacial score (nSPS) is 17.4. The monoisotopic (exact) mass is 291 g/mol. The minimum absolute atomic E-state index is 0.220. The van der Waals surface area contributed by atoms with Gasteiger partial charge in [0.1, 0.15) is 17.9 Å². The van der Waals surface area contributed by atoms with Crippen LogP contribution in [-0.2, 0) is 0 Å². The summed E-state index contributed by atoms with van der Waals surface area (Å²) >= 11 is 0. The van der Waals surface area contributed by atoms with E-state index < -0.39 is 5.97 Å². The van der Waals surface area contributed by atoms with Crippen molar-refractivity contribution >= 4 is 5.97 Å². The molecule has 0 aliphatic heterocycles. The molecule has 4 heteroatoms. The van der Waals surface area contributed by atoms with Crippen LogP contribution >= 0.6 is 0 Å². The fourth-order valence-electron chi connectivity index (χ4n) is 3.02. The summed E-state index contributed by atoms with van der Waals surface area (Å²) < 4.78 is 5.59. The Balaban J connectivity index is 1.73. The second-order valence-corrected chi connectivity index (χ2v) is 5.79. The summed E-state index contributed by atoms with van der Waals surface area (Å²) in [5.74, 6) is 0.260. The van der Waals surface area contributed by atoms with Gasteiger partial charge in [-0.15, -0.1) is 0 Å². The molecule has 4 nitrogen and oxygen atoms in total. The SMILES string of the molecule is C[C@H](NCCOc1ccccc1C(=O)O)C1CCCCC1. The smallest absolute Gasteiger partial charge is 0.339 e. The van der Waals surface area contributed by atoms with Crippen molar-refractivity contribution in [1.29, 1.82) is 0 Å². The van der Waals surface area contributed by atoms with E-state index in [0.29, 0.717) is 18.4 Å². The highest BCUT2D eigenvalue weighted by molar-refractivity contribution is 5.90. The molecule has 116 valence electrons. The van der Waals surface area contributed by atoms with Gasteiger partial charge in [0, 0.05) is 12.6 Å². The fourth-order valence-corrected chi connectivity index (χ4v) is 3.02. The van der Waals surface area contributed by atoms with E-state index in [4.69, 9.17) is 9.84 Å². The molecule has 0 aromatic heterocycles. The summed E-state index contributed by atoms with van der Waals surface area (Å²) in [6.45, 7) is 3.47. The van der Waals surface area contributed by atoms with Gasteiger partial charge in [0.2, 0.25) is 0 Å². The van der Waals surface area contributed by atoms with E-state index >= 15 is 0 Å². The van der Waals surface area contributed by atoms with Crippen molar-refractivity contribution in [2.75, 3.05) is 13.2 Å². The number of aromatic carboxylic acids is 1. The fraction of sp³-hybridized carbons (Fsp3) is 0.588. The Kier molecular flexibility index (Phi) is 6.05. The molecule has 0 amide bonds. The van der Waals surface area contributed by atoms with Crippen LogP contribution in [0.1, 0.15) is 49.4 Å². The topological polar surface area (TPSA) is 58.6 Å². The Hall–Kier alpha value is -1.55. The van der Waals surface area contributed by atoms with Gasteiger partial charge >= 0.3 is 5.97 Å². The Labute approximate surface area is 126 Å². The molecule has 0 heterocycles.